The van der Waals surface area contributed by atoms with Crippen molar-refractivity contribution in [2.24, 2.45) is 5.92 Å². The number of hydrogen-bond acceptors (Lipinski definition) is 6. The molecule has 24 heavy (non-hydrogen) atoms. The quantitative estimate of drug-likeness (QED) is 0.874. The Morgan fingerprint density at radius 3 is 3.00 bits per heavy atom. The molecule has 128 valence electrons. The van der Waals surface area contributed by atoms with Crippen LogP contribution in [0.25, 0.3) is 0 Å². The van der Waals surface area contributed by atoms with Gasteiger partial charge in [0.15, 0.2) is 11.5 Å². The van der Waals surface area contributed by atoms with Crippen LogP contribution >= 0.6 is 0 Å². The van der Waals surface area contributed by atoms with Crippen molar-refractivity contribution >= 4 is 0 Å². The highest BCUT2D eigenvalue weighted by molar-refractivity contribution is 5.44. The first-order valence-electron chi connectivity index (χ1n) is 8.47. The number of rotatable bonds is 5. The lowest BCUT2D eigenvalue weighted by molar-refractivity contribution is 0.174. The molecule has 0 spiro atoms. The molecule has 0 saturated carbocycles. The Hall–Kier alpha value is -2.12. The predicted molar refractivity (Wildman–Crippen MR) is 88.6 cm³/mol. The molecule has 2 aliphatic heterocycles. The summed E-state index contributed by atoms with van der Waals surface area (Å²) >= 11 is 0. The van der Waals surface area contributed by atoms with Gasteiger partial charge in [-0.1, -0.05) is 25.1 Å². The van der Waals surface area contributed by atoms with Crippen LogP contribution in [0.2, 0.25) is 0 Å². The van der Waals surface area contributed by atoms with E-state index in [2.05, 4.69) is 35.0 Å². The van der Waals surface area contributed by atoms with Crippen LogP contribution < -0.4 is 20.3 Å². The fraction of sp³-hybridized carbons (Fsp3) is 0.529. The number of hydrogen-bond donors (Lipinski definition) is 2. The standard InChI is InChI=1S/C17H23N5O2/c1-11(2)5-13-7-14(19-18-13)15-9-22(21-20-15)8-12-3-4-16-17(6-12)24-10-23-16/h3-4,6,9,11,13-14,18-19H,5,7-8,10H2,1-2H3. The van der Waals surface area contributed by atoms with Crippen LogP contribution in [0.5, 0.6) is 11.5 Å². The molecule has 0 bridgehead atoms. The molecule has 7 nitrogen and oxygen atoms in total. The maximum Gasteiger partial charge on any atom is 0.231 e. The third-order valence-electron chi connectivity index (χ3n) is 4.43. The lowest BCUT2D eigenvalue weighted by atomic mass is 9.99. The van der Waals surface area contributed by atoms with Gasteiger partial charge in [-0.05, 0) is 36.5 Å². The largest absolute Gasteiger partial charge is 0.454 e. The zero-order chi connectivity index (χ0) is 16.5. The van der Waals surface area contributed by atoms with Gasteiger partial charge in [0.2, 0.25) is 6.79 Å². The Labute approximate surface area is 141 Å². The SMILES string of the molecule is CC(C)CC1CC(c2cn(Cc3ccc4c(c3)OCO4)nn2)NN1. The first kappa shape index (κ1) is 15.4. The van der Waals surface area contributed by atoms with E-state index < -0.39 is 0 Å². The van der Waals surface area contributed by atoms with Gasteiger partial charge in [0.05, 0.1) is 18.8 Å². The summed E-state index contributed by atoms with van der Waals surface area (Å²) in [5, 5.41) is 8.60. The van der Waals surface area contributed by atoms with Crippen molar-refractivity contribution in [2.45, 2.75) is 45.3 Å². The van der Waals surface area contributed by atoms with Crippen LogP contribution in [0.15, 0.2) is 24.4 Å². The monoisotopic (exact) mass is 329 g/mol. The van der Waals surface area contributed by atoms with Gasteiger partial charge in [-0.25, -0.2) is 10.1 Å². The first-order chi connectivity index (χ1) is 11.7. The van der Waals surface area contributed by atoms with Crippen molar-refractivity contribution in [3.8, 4) is 11.5 Å². The zero-order valence-corrected chi connectivity index (χ0v) is 14.0. The molecular formula is C17H23N5O2. The van der Waals surface area contributed by atoms with E-state index in [0.717, 1.165) is 35.6 Å². The third kappa shape index (κ3) is 3.22. The van der Waals surface area contributed by atoms with E-state index in [9.17, 15) is 0 Å². The van der Waals surface area contributed by atoms with Crippen LogP contribution in [-0.2, 0) is 6.54 Å². The van der Waals surface area contributed by atoms with E-state index >= 15 is 0 Å². The molecular weight excluding hydrogens is 306 g/mol. The van der Waals surface area contributed by atoms with Crippen molar-refractivity contribution in [3.63, 3.8) is 0 Å². The Morgan fingerprint density at radius 2 is 2.12 bits per heavy atom. The molecule has 0 radical (unpaired) electrons. The summed E-state index contributed by atoms with van der Waals surface area (Å²) in [6.45, 7) is 5.46. The Kier molecular flexibility index (Phi) is 4.12. The summed E-state index contributed by atoms with van der Waals surface area (Å²) in [5.74, 6) is 2.28. The van der Waals surface area contributed by atoms with Crippen molar-refractivity contribution < 1.29 is 9.47 Å². The molecule has 0 amide bonds. The van der Waals surface area contributed by atoms with Crippen LogP contribution in [0.4, 0.5) is 0 Å². The zero-order valence-electron chi connectivity index (χ0n) is 14.0. The summed E-state index contributed by atoms with van der Waals surface area (Å²) in [6, 6.07) is 6.68. The maximum atomic E-state index is 5.42. The molecule has 1 saturated heterocycles. The van der Waals surface area contributed by atoms with E-state index in [1.165, 1.54) is 0 Å². The van der Waals surface area contributed by atoms with Gasteiger partial charge in [0.1, 0.15) is 5.69 Å². The molecule has 2 unspecified atom stereocenters. The minimum atomic E-state index is 0.222. The molecule has 2 atom stereocenters. The number of benzene rings is 1. The van der Waals surface area contributed by atoms with Crippen molar-refractivity contribution in [2.75, 3.05) is 6.79 Å². The number of nitrogens with zero attached hydrogens (tertiary/aromatic N) is 3. The van der Waals surface area contributed by atoms with E-state index in [4.69, 9.17) is 9.47 Å². The molecule has 1 aromatic carbocycles. The van der Waals surface area contributed by atoms with Crippen LogP contribution in [0.3, 0.4) is 0 Å². The first-order valence-corrected chi connectivity index (χ1v) is 8.47. The topological polar surface area (TPSA) is 73.2 Å². The van der Waals surface area contributed by atoms with Gasteiger partial charge in [0.25, 0.3) is 0 Å². The molecule has 2 aliphatic rings. The summed E-state index contributed by atoms with van der Waals surface area (Å²) in [4.78, 5) is 0. The average Bonchev–Trinajstić information content (AvgIpc) is 3.26. The second-order valence-corrected chi connectivity index (χ2v) is 6.93. The smallest absolute Gasteiger partial charge is 0.231 e. The van der Waals surface area contributed by atoms with Gasteiger partial charge >= 0.3 is 0 Å². The lowest BCUT2D eigenvalue weighted by Crippen LogP contribution is -2.31. The Morgan fingerprint density at radius 1 is 1.25 bits per heavy atom. The van der Waals surface area contributed by atoms with Gasteiger partial charge in [-0.3, -0.25) is 5.43 Å². The normalized spacial score (nSPS) is 22.5. The molecule has 0 aliphatic carbocycles. The summed E-state index contributed by atoms with van der Waals surface area (Å²) in [6.07, 6.45) is 4.22. The second kappa shape index (κ2) is 6.41. The van der Waals surface area contributed by atoms with E-state index in [1.807, 2.05) is 29.1 Å². The molecule has 1 aromatic heterocycles. The summed E-state index contributed by atoms with van der Waals surface area (Å²) in [5.41, 5.74) is 8.80. The Balaban J connectivity index is 1.40. The van der Waals surface area contributed by atoms with Crippen molar-refractivity contribution in [3.05, 3.63) is 35.7 Å². The van der Waals surface area contributed by atoms with Crippen LogP contribution in [0, 0.1) is 5.92 Å². The van der Waals surface area contributed by atoms with Gasteiger partial charge in [0, 0.05) is 6.04 Å². The highest BCUT2D eigenvalue weighted by Crippen LogP contribution is 2.32. The highest BCUT2D eigenvalue weighted by atomic mass is 16.7. The van der Waals surface area contributed by atoms with E-state index in [-0.39, 0.29) is 6.04 Å². The number of hydrazine groups is 1. The fourth-order valence-corrected chi connectivity index (χ4v) is 3.32. The number of ether oxygens (including phenoxy) is 2. The number of fused-ring (bicyclic) bond motifs is 1. The van der Waals surface area contributed by atoms with Crippen LogP contribution in [0.1, 0.15) is 44.0 Å². The molecule has 4 rings (SSSR count). The fourth-order valence-electron chi connectivity index (χ4n) is 3.32. The third-order valence-corrected chi connectivity index (χ3v) is 4.43. The average molecular weight is 329 g/mol. The lowest BCUT2D eigenvalue weighted by Gasteiger charge is -2.10. The van der Waals surface area contributed by atoms with E-state index in [1.54, 1.807) is 0 Å². The number of nitrogens with one attached hydrogen (secondary N) is 2. The second-order valence-electron chi connectivity index (χ2n) is 6.93. The maximum absolute atomic E-state index is 5.42. The van der Waals surface area contributed by atoms with Crippen molar-refractivity contribution in [1.29, 1.82) is 0 Å². The van der Waals surface area contributed by atoms with E-state index in [0.29, 0.717) is 25.3 Å². The van der Waals surface area contributed by atoms with Crippen LogP contribution in [-0.4, -0.2) is 27.8 Å². The minimum absolute atomic E-state index is 0.222. The summed E-state index contributed by atoms with van der Waals surface area (Å²) in [7, 11) is 0. The van der Waals surface area contributed by atoms with Gasteiger partial charge in [-0.2, -0.15) is 0 Å². The minimum Gasteiger partial charge on any atom is -0.454 e. The predicted octanol–water partition coefficient (Wildman–Crippen LogP) is 2.01. The summed E-state index contributed by atoms with van der Waals surface area (Å²) < 4.78 is 12.6. The molecule has 3 heterocycles. The molecule has 7 heteroatoms. The van der Waals surface area contributed by atoms with Gasteiger partial charge < -0.3 is 9.47 Å². The highest BCUT2D eigenvalue weighted by Gasteiger charge is 2.27. The molecule has 1 fully saturated rings. The molecule has 2 aromatic rings. The van der Waals surface area contributed by atoms with Crippen molar-refractivity contribution in [1.82, 2.24) is 25.8 Å². The number of aromatic nitrogens is 3. The Bertz CT molecular complexity index is 715. The van der Waals surface area contributed by atoms with Gasteiger partial charge in [-0.15, -0.1) is 5.10 Å². The molecule has 2 N–H and O–H groups in total.